The smallest absolute Gasteiger partial charge is 0.234 e. The Balaban J connectivity index is 3.48. The van der Waals surface area contributed by atoms with Crippen molar-refractivity contribution in [2.45, 2.75) is 52.0 Å². The maximum Gasteiger partial charge on any atom is 0.234 e. The lowest BCUT2D eigenvalue weighted by molar-refractivity contribution is -0.120. The van der Waals surface area contributed by atoms with Crippen LogP contribution in [0.2, 0.25) is 0 Å². The normalized spacial score (nSPS) is 12.6. The molecule has 4 heteroatoms. The molecule has 1 amide bonds. The van der Waals surface area contributed by atoms with E-state index in [9.17, 15) is 4.79 Å². The Morgan fingerprint density at radius 3 is 2.56 bits per heavy atom. The Hall–Kier alpha value is -0.610. The number of unbranched alkanes of at least 4 members (excludes halogenated alkanes) is 2. The second kappa shape index (κ2) is 10.9. The van der Waals surface area contributed by atoms with Gasteiger partial charge in [0, 0.05) is 13.2 Å². The molecular weight excluding hydrogens is 204 g/mol. The van der Waals surface area contributed by atoms with Crippen LogP contribution in [0.5, 0.6) is 0 Å². The minimum atomic E-state index is -0.286. The lowest BCUT2D eigenvalue weighted by Crippen LogP contribution is -2.42. The number of primary amides is 1. The fourth-order valence-corrected chi connectivity index (χ4v) is 1.42. The van der Waals surface area contributed by atoms with Crippen LogP contribution in [-0.4, -0.2) is 31.7 Å². The zero-order valence-corrected chi connectivity index (χ0v) is 10.6. The molecule has 0 radical (unpaired) electrons. The Bertz CT molecular complexity index is 174. The number of nitrogens with one attached hydrogen (secondary N) is 1. The first-order chi connectivity index (χ1) is 7.72. The minimum Gasteiger partial charge on any atom is -0.381 e. The van der Waals surface area contributed by atoms with Crippen LogP contribution in [-0.2, 0) is 9.53 Å². The first-order valence-corrected chi connectivity index (χ1v) is 6.32. The van der Waals surface area contributed by atoms with Gasteiger partial charge in [0.05, 0.1) is 6.04 Å². The third-order valence-electron chi connectivity index (χ3n) is 2.43. The fourth-order valence-electron chi connectivity index (χ4n) is 1.42. The fraction of sp³-hybridized carbons (Fsp3) is 0.917. The highest BCUT2D eigenvalue weighted by molar-refractivity contribution is 5.79. The lowest BCUT2D eigenvalue weighted by atomic mass is 10.2. The van der Waals surface area contributed by atoms with E-state index in [1.165, 1.54) is 12.8 Å². The predicted octanol–water partition coefficient (Wildman–Crippen LogP) is 1.44. The van der Waals surface area contributed by atoms with Gasteiger partial charge in [0.25, 0.3) is 0 Å². The zero-order valence-electron chi connectivity index (χ0n) is 10.6. The summed E-state index contributed by atoms with van der Waals surface area (Å²) in [6.07, 6.45) is 5.17. The van der Waals surface area contributed by atoms with Crippen molar-refractivity contribution in [3.8, 4) is 0 Å². The van der Waals surface area contributed by atoms with Crippen LogP contribution in [0.1, 0.15) is 46.0 Å². The van der Waals surface area contributed by atoms with Gasteiger partial charge >= 0.3 is 0 Å². The molecule has 0 aromatic carbocycles. The Morgan fingerprint density at radius 2 is 2.00 bits per heavy atom. The maximum absolute atomic E-state index is 11.1. The molecule has 0 aliphatic rings. The average molecular weight is 230 g/mol. The number of rotatable bonds is 11. The van der Waals surface area contributed by atoms with Crippen LogP contribution in [0.25, 0.3) is 0 Å². The van der Waals surface area contributed by atoms with Crippen LogP contribution in [0.15, 0.2) is 0 Å². The maximum atomic E-state index is 11.1. The largest absolute Gasteiger partial charge is 0.381 e. The van der Waals surface area contributed by atoms with Gasteiger partial charge in [-0.3, -0.25) is 4.79 Å². The van der Waals surface area contributed by atoms with Crippen molar-refractivity contribution in [1.82, 2.24) is 5.32 Å². The quantitative estimate of drug-likeness (QED) is 0.528. The zero-order chi connectivity index (χ0) is 12.2. The molecule has 0 aromatic heterocycles. The number of amides is 1. The monoisotopic (exact) mass is 230 g/mol. The highest BCUT2D eigenvalue weighted by Gasteiger charge is 2.13. The van der Waals surface area contributed by atoms with E-state index in [0.29, 0.717) is 13.0 Å². The van der Waals surface area contributed by atoms with Gasteiger partial charge in [0.15, 0.2) is 0 Å². The van der Waals surface area contributed by atoms with Gasteiger partial charge in [-0.15, -0.1) is 0 Å². The van der Waals surface area contributed by atoms with Crippen LogP contribution in [0.4, 0.5) is 0 Å². The third kappa shape index (κ3) is 8.68. The predicted molar refractivity (Wildman–Crippen MR) is 66.2 cm³/mol. The topological polar surface area (TPSA) is 64.3 Å². The second-order valence-electron chi connectivity index (χ2n) is 4.02. The Kier molecular flexibility index (Phi) is 10.5. The van der Waals surface area contributed by atoms with E-state index in [2.05, 4.69) is 19.2 Å². The summed E-state index contributed by atoms with van der Waals surface area (Å²) in [5.74, 6) is -0.286. The van der Waals surface area contributed by atoms with Crippen LogP contribution in [0, 0.1) is 0 Å². The van der Waals surface area contributed by atoms with Crippen molar-refractivity contribution in [2.75, 3.05) is 19.8 Å². The molecule has 96 valence electrons. The van der Waals surface area contributed by atoms with E-state index in [-0.39, 0.29) is 11.9 Å². The Morgan fingerprint density at radius 1 is 1.25 bits per heavy atom. The molecule has 0 saturated heterocycles. The summed E-state index contributed by atoms with van der Waals surface area (Å²) in [5, 5.41) is 3.12. The number of hydrogen-bond acceptors (Lipinski definition) is 3. The number of hydrogen-bond donors (Lipinski definition) is 2. The number of carbonyl (C=O) groups excluding carboxylic acids is 1. The van der Waals surface area contributed by atoms with E-state index in [4.69, 9.17) is 10.5 Å². The van der Waals surface area contributed by atoms with Gasteiger partial charge in [-0.1, -0.05) is 26.7 Å². The van der Waals surface area contributed by atoms with E-state index in [1.54, 1.807) is 0 Å². The van der Waals surface area contributed by atoms with E-state index < -0.39 is 0 Å². The summed E-state index contributed by atoms with van der Waals surface area (Å²) in [6, 6.07) is -0.244. The van der Waals surface area contributed by atoms with Gasteiger partial charge in [0.2, 0.25) is 5.91 Å². The molecule has 1 atom stereocenters. The molecule has 0 spiro atoms. The molecule has 4 nitrogen and oxygen atoms in total. The molecule has 3 N–H and O–H groups in total. The molecule has 0 rings (SSSR count). The van der Waals surface area contributed by atoms with Crippen LogP contribution >= 0.6 is 0 Å². The molecule has 0 heterocycles. The summed E-state index contributed by atoms with van der Waals surface area (Å²) in [6.45, 7) is 6.44. The molecule has 0 fully saturated rings. The van der Waals surface area contributed by atoms with Crippen molar-refractivity contribution < 1.29 is 9.53 Å². The van der Waals surface area contributed by atoms with Crippen molar-refractivity contribution in [1.29, 1.82) is 0 Å². The summed E-state index contributed by atoms with van der Waals surface area (Å²) < 4.78 is 5.45. The Labute approximate surface area is 98.9 Å². The summed E-state index contributed by atoms with van der Waals surface area (Å²) in [5.41, 5.74) is 5.28. The number of carbonyl (C=O) groups is 1. The van der Waals surface area contributed by atoms with Crippen LogP contribution in [0.3, 0.4) is 0 Å². The molecule has 16 heavy (non-hydrogen) atoms. The average Bonchev–Trinajstić information content (AvgIpc) is 2.26. The van der Waals surface area contributed by atoms with Gasteiger partial charge < -0.3 is 15.8 Å². The SMILES string of the molecule is CCCCCOCCC(NCCC)C(N)=O. The first kappa shape index (κ1) is 15.4. The second-order valence-corrected chi connectivity index (χ2v) is 4.02. The standard InChI is InChI=1S/C12H26N2O2/c1-3-5-6-9-16-10-7-11(12(13)15)14-8-4-2/h11,14H,3-10H2,1-2H3,(H2,13,15). The summed E-state index contributed by atoms with van der Waals surface area (Å²) >= 11 is 0. The van der Waals surface area contributed by atoms with Gasteiger partial charge in [-0.05, 0) is 25.8 Å². The van der Waals surface area contributed by atoms with E-state index in [1.807, 2.05) is 0 Å². The molecule has 0 saturated carbocycles. The summed E-state index contributed by atoms with van der Waals surface area (Å²) in [4.78, 5) is 11.1. The molecule has 0 aliphatic heterocycles. The highest BCUT2D eigenvalue weighted by Crippen LogP contribution is 1.97. The van der Waals surface area contributed by atoms with E-state index >= 15 is 0 Å². The van der Waals surface area contributed by atoms with Gasteiger partial charge in [0.1, 0.15) is 0 Å². The van der Waals surface area contributed by atoms with E-state index in [0.717, 1.165) is 26.0 Å². The summed E-state index contributed by atoms with van der Waals surface area (Å²) in [7, 11) is 0. The van der Waals surface area contributed by atoms with Crippen molar-refractivity contribution in [2.24, 2.45) is 5.73 Å². The van der Waals surface area contributed by atoms with Crippen LogP contribution < -0.4 is 11.1 Å². The lowest BCUT2D eigenvalue weighted by Gasteiger charge is -2.14. The molecule has 1 unspecified atom stereocenters. The molecule has 0 bridgehead atoms. The van der Waals surface area contributed by atoms with Gasteiger partial charge in [-0.2, -0.15) is 0 Å². The van der Waals surface area contributed by atoms with Crippen molar-refractivity contribution in [3.05, 3.63) is 0 Å². The molecular formula is C12H26N2O2. The first-order valence-electron chi connectivity index (χ1n) is 6.32. The van der Waals surface area contributed by atoms with Crippen molar-refractivity contribution >= 4 is 5.91 Å². The molecule has 0 aromatic rings. The van der Waals surface area contributed by atoms with Crippen molar-refractivity contribution in [3.63, 3.8) is 0 Å². The number of nitrogens with two attached hydrogens (primary N) is 1. The van der Waals surface area contributed by atoms with Gasteiger partial charge in [-0.25, -0.2) is 0 Å². The number of ether oxygens (including phenoxy) is 1. The third-order valence-corrected chi connectivity index (χ3v) is 2.43. The highest BCUT2D eigenvalue weighted by atomic mass is 16.5. The molecule has 0 aliphatic carbocycles. The minimum absolute atomic E-state index is 0.244.